The van der Waals surface area contributed by atoms with E-state index in [4.69, 9.17) is 9.15 Å². The fourth-order valence-corrected chi connectivity index (χ4v) is 4.22. The van der Waals surface area contributed by atoms with Crippen molar-refractivity contribution >= 4 is 28.8 Å². The molecule has 4 rings (SSSR count). The van der Waals surface area contributed by atoms with E-state index in [2.05, 4.69) is 9.97 Å². The monoisotopic (exact) mass is 448 g/mol. The topological polar surface area (TPSA) is 103 Å². The van der Waals surface area contributed by atoms with Crippen LogP contribution in [0.2, 0.25) is 0 Å². The first-order chi connectivity index (χ1) is 15.6. The highest BCUT2D eigenvalue weighted by Crippen LogP contribution is 2.36. The van der Waals surface area contributed by atoms with Crippen LogP contribution in [0.5, 0.6) is 5.75 Å². The number of hydrogen-bond donors (Lipinski definition) is 1. The van der Waals surface area contributed by atoms with Gasteiger partial charge < -0.3 is 14.3 Å². The van der Waals surface area contributed by atoms with Crippen molar-refractivity contribution in [2.75, 3.05) is 7.11 Å². The maximum absolute atomic E-state index is 12.6. The average molecular weight is 449 g/mol. The molecule has 0 fully saturated rings. The first kappa shape index (κ1) is 21.6. The minimum absolute atomic E-state index is 0.00437. The van der Waals surface area contributed by atoms with Gasteiger partial charge in [-0.15, -0.1) is 11.8 Å². The molecule has 0 bridgehead atoms. The van der Waals surface area contributed by atoms with Crippen molar-refractivity contribution in [3.63, 3.8) is 0 Å². The Balaban J connectivity index is 1.79. The highest BCUT2D eigenvalue weighted by Gasteiger charge is 2.28. The van der Waals surface area contributed by atoms with Gasteiger partial charge in [0.15, 0.2) is 5.76 Å². The Hall–Kier alpha value is -3.65. The second kappa shape index (κ2) is 9.65. The summed E-state index contributed by atoms with van der Waals surface area (Å²) >= 11 is 1.50. The Morgan fingerprint density at radius 2 is 1.91 bits per heavy atom. The second-order valence-electron chi connectivity index (χ2n) is 7.00. The Morgan fingerprint density at radius 1 is 1.12 bits per heavy atom. The number of carbonyl (C=O) groups excluding carboxylic acids is 1. The molecule has 0 aliphatic carbocycles. The molecule has 0 saturated heterocycles. The molecule has 32 heavy (non-hydrogen) atoms. The lowest BCUT2D eigenvalue weighted by Gasteiger charge is -2.18. The van der Waals surface area contributed by atoms with Gasteiger partial charge in [0.05, 0.1) is 36.2 Å². The van der Waals surface area contributed by atoms with Gasteiger partial charge in [0.25, 0.3) is 0 Å². The number of methoxy groups -OCH3 is 1. The maximum atomic E-state index is 12.6. The van der Waals surface area contributed by atoms with Gasteiger partial charge in [-0.3, -0.25) is 19.6 Å². The summed E-state index contributed by atoms with van der Waals surface area (Å²) in [4.78, 5) is 34.5. The van der Waals surface area contributed by atoms with Crippen LogP contribution in [0.1, 0.15) is 29.4 Å². The summed E-state index contributed by atoms with van der Waals surface area (Å²) in [6.45, 7) is 0. The molecule has 2 aromatic carbocycles. The van der Waals surface area contributed by atoms with E-state index < -0.39 is 23.1 Å². The number of nitrogens with zero attached hydrogens (tertiary/aromatic N) is 2. The van der Waals surface area contributed by atoms with Gasteiger partial charge in [-0.2, -0.15) is 0 Å². The Kier molecular flexibility index (Phi) is 6.51. The van der Waals surface area contributed by atoms with E-state index in [9.17, 15) is 14.7 Å². The van der Waals surface area contributed by atoms with Gasteiger partial charge in [0, 0.05) is 23.4 Å². The number of aromatic nitrogens is 2. The lowest BCUT2D eigenvalue weighted by molar-refractivity contribution is -0.140. The van der Waals surface area contributed by atoms with Crippen LogP contribution >= 0.6 is 11.8 Å². The molecule has 8 heteroatoms. The molecular weight excluding hydrogens is 428 g/mol. The third kappa shape index (κ3) is 4.65. The molecule has 0 unspecified atom stereocenters. The average Bonchev–Trinajstić information content (AvgIpc) is 2.83. The van der Waals surface area contributed by atoms with Crippen LogP contribution < -0.4 is 5.43 Å². The van der Waals surface area contributed by atoms with Crippen molar-refractivity contribution in [1.29, 1.82) is 0 Å². The van der Waals surface area contributed by atoms with Crippen molar-refractivity contribution in [3.05, 3.63) is 94.3 Å². The molecule has 0 saturated carbocycles. The third-order valence-corrected chi connectivity index (χ3v) is 5.98. The lowest BCUT2D eigenvalue weighted by atomic mass is 9.91. The number of benzene rings is 2. The van der Waals surface area contributed by atoms with E-state index in [1.807, 2.05) is 30.3 Å². The molecule has 1 N–H and O–H groups in total. The van der Waals surface area contributed by atoms with Crippen molar-refractivity contribution in [2.24, 2.45) is 0 Å². The number of fused-ring (bicyclic) bond motifs is 1. The van der Waals surface area contributed by atoms with E-state index in [0.717, 1.165) is 4.90 Å². The van der Waals surface area contributed by atoms with Crippen molar-refractivity contribution in [3.8, 4) is 5.75 Å². The van der Waals surface area contributed by atoms with E-state index in [1.165, 1.54) is 24.9 Å². The smallest absolute Gasteiger partial charge is 0.306 e. The number of thioether (sulfide) groups is 1. The summed E-state index contributed by atoms with van der Waals surface area (Å²) in [7, 11) is 1.28. The van der Waals surface area contributed by atoms with Crippen LogP contribution in [-0.4, -0.2) is 28.2 Å². The van der Waals surface area contributed by atoms with Gasteiger partial charge in [-0.25, -0.2) is 0 Å². The maximum Gasteiger partial charge on any atom is 0.306 e. The molecule has 0 spiro atoms. The minimum atomic E-state index is -0.780. The first-order valence-electron chi connectivity index (χ1n) is 9.87. The number of esters is 1. The van der Waals surface area contributed by atoms with E-state index in [-0.39, 0.29) is 12.2 Å². The standard InChI is InChI=1S/C24H20N2O5S/c1-30-21(28)13-18(17-8-5-9-19-22(17)26-11-10-25-19)24-23(29)20(27)12-15(31-24)14-32-16-6-3-2-4-7-16/h2-12,18,29H,13-14H2,1H3/t18-/m0/s1. The van der Waals surface area contributed by atoms with E-state index in [0.29, 0.717) is 28.1 Å². The molecule has 1 atom stereocenters. The summed E-state index contributed by atoms with van der Waals surface area (Å²) < 4.78 is 10.9. The summed E-state index contributed by atoms with van der Waals surface area (Å²) in [6, 6.07) is 16.3. The lowest BCUT2D eigenvalue weighted by Crippen LogP contribution is -2.14. The number of para-hydroxylation sites is 1. The molecule has 7 nitrogen and oxygen atoms in total. The quantitative estimate of drug-likeness (QED) is 0.330. The highest BCUT2D eigenvalue weighted by molar-refractivity contribution is 7.98. The van der Waals surface area contributed by atoms with Crippen molar-refractivity contribution < 1.29 is 19.1 Å². The number of carbonyl (C=O) groups is 1. The zero-order valence-electron chi connectivity index (χ0n) is 17.2. The van der Waals surface area contributed by atoms with Crippen LogP contribution in [0.25, 0.3) is 11.0 Å². The predicted octanol–water partition coefficient (Wildman–Crippen LogP) is 4.28. The SMILES string of the molecule is COC(=O)C[C@H](c1oc(CSc2ccccc2)cc(=O)c1O)c1cccc2nccnc12. The van der Waals surface area contributed by atoms with Gasteiger partial charge in [0.2, 0.25) is 11.2 Å². The number of rotatable bonds is 7. The zero-order valence-corrected chi connectivity index (χ0v) is 18.0. The molecule has 2 aromatic heterocycles. The number of ether oxygens (including phenoxy) is 1. The van der Waals surface area contributed by atoms with Crippen LogP contribution in [0.3, 0.4) is 0 Å². The van der Waals surface area contributed by atoms with E-state index >= 15 is 0 Å². The highest BCUT2D eigenvalue weighted by atomic mass is 32.2. The summed E-state index contributed by atoms with van der Waals surface area (Å²) in [5, 5.41) is 10.6. The molecule has 4 aromatic rings. The zero-order chi connectivity index (χ0) is 22.5. The molecule has 0 radical (unpaired) electrons. The van der Waals surface area contributed by atoms with Gasteiger partial charge in [-0.1, -0.05) is 30.3 Å². The van der Waals surface area contributed by atoms with Gasteiger partial charge in [0.1, 0.15) is 5.76 Å². The Bertz CT molecular complexity index is 1300. The predicted molar refractivity (Wildman–Crippen MR) is 121 cm³/mol. The number of hydrogen-bond acceptors (Lipinski definition) is 8. The van der Waals surface area contributed by atoms with Gasteiger partial charge in [-0.05, 0) is 23.8 Å². The molecule has 162 valence electrons. The van der Waals surface area contributed by atoms with Crippen LogP contribution in [-0.2, 0) is 15.3 Å². The fourth-order valence-electron chi connectivity index (χ4n) is 3.42. The molecule has 0 aliphatic heterocycles. The van der Waals surface area contributed by atoms with E-state index in [1.54, 1.807) is 30.6 Å². The molecule has 0 aliphatic rings. The van der Waals surface area contributed by atoms with Crippen LogP contribution in [0.15, 0.2) is 81.1 Å². The van der Waals surface area contributed by atoms with Crippen LogP contribution in [0.4, 0.5) is 0 Å². The summed E-state index contributed by atoms with van der Waals surface area (Å²) in [6.07, 6.45) is 2.97. The summed E-state index contributed by atoms with van der Waals surface area (Å²) in [5.74, 6) is -1.05. The Labute approximate surface area is 188 Å². The number of aromatic hydroxyl groups is 1. The van der Waals surface area contributed by atoms with Crippen molar-refractivity contribution in [1.82, 2.24) is 9.97 Å². The molecular formula is C24H20N2O5S. The normalized spacial score (nSPS) is 11.9. The fraction of sp³-hybridized carbons (Fsp3) is 0.167. The Morgan fingerprint density at radius 3 is 2.69 bits per heavy atom. The third-order valence-electron chi connectivity index (χ3n) is 4.94. The van der Waals surface area contributed by atoms with Crippen LogP contribution in [0, 0.1) is 0 Å². The first-order valence-corrected chi connectivity index (χ1v) is 10.9. The largest absolute Gasteiger partial charge is 0.502 e. The molecule has 0 amide bonds. The molecule has 2 heterocycles. The van der Waals surface area contributed by atoms with Gasteiger partial charge >= 0.3 is 5.97 Å². The summed E-state index contributed by atoms with van der Waals surface area (Å²) in [5.41, 5.74) is 1.20. The van der Waals surface area contributed by atoms with Crippen molar-refractivity contribution in [2.45, 2.75) is 23.0 Å². The minimum Gasteiger partial charge on any atom is -0.502 e. The second-order valence-corrected chi connectivity index (χ2v) is 8.04.